The number of aromatic nitrogens is 2. The number of hydrogen-bond acceptors (Lipinski definition) is 4. The number of likely N-dealkylation sites (N-methyl/N-ethyl adjacent to an activating group) is 1. The van der Waals surface area contributed by atoms with Gasteiger partial charge in [-0.15, -0.1) is 0 Å². The van der Waals surface area contributed by atoms with E-state index in [2.05, 4.69) is 69.3 Å². The first-order valence-corrected chi connectivity index (χ1v) is 8.90. The Morgan fingerprint density at radius 1 is 1.12 bits per heavy atom. The van der Waals surface area contributed by atoms with Crippen molar-refractivity contribution in [1.29, 1.82) is 0 Å². The molecular formula is C21H24N4. The lowest BCUT2D eigenvalue weighted by Crippen LogP contribution is -2.34. The van der Waals surface area contributed by atoms with Gasteiger partial charge in [0, 0.05) is 54.8 Å². The molecule has 1 aliphatic rings. The lowest BCUT2D eigenvalue weighted by Gasteiger charge is -2.25. The molecule has 1 saturated heterocycles. The number of rotatable bonds is 4. The number of pyridine rings is 2. The van der Waals surface area contributed by atoms with Crippen LogP contribution in [0.1, 0.15) is 17.7 Å². The van der Waals surface area contributed by atoms with Gasteiger partial charge in [-0.25, -0.2) is 0 Å². The van der Waals surface area contributed by atoms with Crippen LogP contribution in [-0.2, 0) is 6.54 Å². The van der Waals surface area contributed by atoms with Gasteiger partial charge in [-0.2, -0.15) is 0 Å². The summed E-state index contributed by atoms with van der Waals surface area (Å²) >= 11 is 0. The fourth-order valence-electron chi connectivity index (χ4n) is 3.68. The summed E-state index contributed by atoms with van der Waals surface area (Å²) in [5.74, 6) is 0. The van der Waals surface area contributed by atoms with Crippen LogP contribution in [0.4, 0.5) is 5.69 Å². The van der Waals surface area contributed by atoms with Crippen LogP contribution in [0.5, 0.6) is 0 Å². The summed E-state index contributed by atoms with van der Waals surface area (Å²) in [4.78, 5) is 13.6. The second-order valence-electron chi connectivity index (χ2n) is 6.99. The van der Waals surface area contributed by atoms with Crippen LogP contribution in [0.15, 0.2) is 54.9 Å². The fraction of sp³-hybridized carbons (Fsp3) is 0.333. The van der Waals surface area contributed by atoms with E-state index in [1.165, 1.54) is 23.1 Å². The molecule has 3 heterocycles. The van der Waals surface area contributed by atoms with Crippen molar-refractivity contribution in [2.24, 2.45) is 0 Å². The highest BCUT2D eigenvalue weighted by Crippen LogP contribution is 2.23. The normalized spacial score (nSPS) is 17.6. The maximum absolute atomic E-state index is 4.59. The van der Waals surface area contributed by atoms with Gasteiger partial charge in [0.2, 0.25) is 0 Å². The first-order valence-electron chi connectivity index (χ1n) is 8.90. The van der Waals surface area contributed by atoms with Crippen molar-refractivity contribution in [2.75, 3.05) is 25.0 Å². The highest BCUT2D eigenvalue weighted by molar-refractivity contribution is 5.79. The molecule has 1 aliphatic heterocycles. The molecule has 0 saturated carbocycles. The molecule has 1 unspecified atom stereocenters. The molecule has 3 aromatic rings. The van der Waals surface area contributed by atoms with E-state index in [1.807, 2.05) is 19.3 Å². The van der Waals surface area contributed by atoms with Crippen LogP contribution in [0.2, 0.25) is 0 Å². The number of aryl methyl sites for hydroxylation is 1. The lowest BCUT2D eigenvalue weighted by molar-refractivity contribution is 0.250. The zero-order valence-electron chi connectivity index (χ0n) is 14.9. The minimum absolute atomic E-state index is 0.583. The van der Waals surface area contributed by atoms with Gasteiger partial charge in [0.15, 0.2) is 0 Å². The van der Waals surface area contributed by atoms with E-state index >= 15 is 0 Å². The summed E-state index contributed by atoms with van der Waals surface area (Å²) in [7, 11) is 2.23. The largest absolute Gasteiger partial charge is 0.370 e. The van der Waals surface area contributed by atoms with E-state index in [9.17, 15) is 0 Å². The molecule has 1 aromatic carbocycles. The Kier molecular flexibility index (Phi) is 4.36. The van der Waals surface area contributed by atoms with Gasteiger partial charge in [-0.1, -0.05) is 12.1 Å². The maximum atomic E-state index is 4.59. The molecule has 0 aliphatic carbocycles. The molecule has 0 radical (unpaired) electrons. The Morgan fingerprint density at radius 3 is 2.80 bits per heavy atom. The van der Waals surface area contributed by atoms with E-state index in [0.717, 1.165) is 30.8 Å². The van der Waals surface area contributed by atoms with Gasteiger partial charge >= 0.3 is 0 Å². The average Bonchev–Trinajstić information content (AvgIpc) is 3.13. The van der Waals surface area contributed by atoms with Gasteiger partial charge in [0.25, 0.3) is 0 Å². The molecule has 1 fully saturated rings. The van der Waals surface area contributed by atoms with Gasteiger partial charge in [0.05, 0.1) is 5.52 Å². The minimum Gasteiger partial charge on any atom is -0.370 e. The second kappa shape index (κ2) is 6.81. The van der Waals surface area contributed by atoms with E-state index in [1.54, 1.807) is 0 Å². The number of hydrogen-bond donors (Lipinski definition) is 0. The predicted molar refractivity (Wildman–Crippen MR) is 103 cm³/mol. The quantitative estimate of drug-likeness (QED) is 0.730. The standard InChI is InChI=1S/C21H24N4/c1-16-3-5-18-13-17(4-6-21(18)23-16)14-24(2)20-9-12-25(15-20)19-7-10-22-11-8-19/h3-8,10-11,13,20H,9,12,14-15H2,1-2H3. The third kappa shape index (κ3) is 3.49. The third-order valence-corrected chi connectivity index (χ3v) is 5.14. The monoisotopic (exact) mass is 332 g/mol. The summed E-state index contributed by atoms with van der Waals surface area (Å²) in [5.41, 5.74) is 4.77. The average molecular weight is 332 g/mol. The summed E-state index contributed by atoms with van der Waals surface area (Å²) in [6.07, 6.45) is 4.95. The van der Waals surface area contributed by atoms with E-state index in [0.29, 0.717) is 6.04 Å². The maximum Gasteiger partial charge on any atom is 0.0705 e. The van der Waals surface area contributed by atoms with Crippen LogP contribution in [0.25, 0.3) is 10.9 Å². The van der Waals surface area contributed by atoms with Crippen LogP contribution in [-0.4, -0.2) is 41.0 Å². The first-order chi connectivity index (χ1) is 12.2. The Morgan fingerprint density at radius 2 is 1.96 bits per heavy atom. The van der Waals surface area contributed by atoms with Crippen LogP contribution in [0, 0.1) is 6.92 Å². The number of fused-ring (bicyclic) bond motifs is 1. The predicted octanol–water partition coefficient (Wildman–Crippen LogP) is 3.65. The van der Waals surface area contributed by atoms with Gasteiger partial charge in [-0.05, 0) is 56.3 Å². The van der Waals surface area contributed by atoms with Gasteiger partial charge < -0.3 is 4.90 Å². The van der Waals surface area contributed by atoms with Crippen molar-refractivity contribution in [3.05, 3.63) is 66.1 Å². The van der Waals surface area contributed by atoms with Crippen molar-refractivity contribution in [3.8, 4) is 0 Å². The smallest absolute Gasteiger partial charge is 0.0705 e. The third-order valence-electron chi connectivity index (χ3n) is 5.14. The minimum atomic E-state index is 0.583. The molecule has 4 heteroatoms. The molecule has 4 nitrogen and oxygen atoms in total. The summed E-state index contributed by atoms with van der Waals surface area (Å²) in [5, 5.41) is 1.22. The molecule has 128 valence electrons. The van der Waals surface area contributed by atoms with Crippen LogP contribution < -0.4 is 4.90 Å². The summed E-state index contributed by atoms with van der Waals surface area (Å²) < 4.78 is 0. The molecule has 0 N–H and O–H groups in total. The number of nitrogens with zero attached hydrogens (tertiary/aromatic N) is 4. The first kappa shape index (κ1) is 16.0. The van der Waals surface area contributed by atoms with Crippen molar-refractivity contribution < 1.29 is 0 Å². The molecule has 0 spiro atoms. The van der Waals surface area contributed by atoms with Crippen molar-refractivity contribution >= 4 is 16.6 Å². The van der Waals surface area contributed by atoms with Crippen molar-refractivity contribution in [3.63, 3.8) is 0 Å². The molecule has 0 bridgehead atoms. The zero-order valence-corrected chi connectivity index (χ0v) is 14.9. The highest BCUT2D eigenvalue weighted by Gasteiger charge is 2.25. The van der Waals surface area contributed by atoms with E-state index in [4.69, 9.17) is 0 Å². The van der Waals surface area contributed by atoms with Crippen molar-refractivity contribution in [2.45, 2.75) is 25.9 Å². The van der Waals surface area contributed by atoms with Gasteiger partial charge in [0.1, 0.15) is 0 Å². The molecule has 0 amide bonds. The van der Waals surface area contributed by atoms with Crippen LogP contribution in [0.3, 0.4) is 0 Å². The number of anilines is 1. The Hall–Kier alpha value is -2.46. The molecular weight excluding hydrogens is 308 g/mol. The molecule has 4 rings (SSSR count). The SMILES string of the molecule is Cc1ccc2cc(CN(C)C3CCN(c4ccncc4)C3)ccc2n1. The highest BCUT2D eigenvalue weighted by atomic mass is 15.2. The van der Waals surface area contributed by atoms with Gasteiger partial charge in [-0.3, -0.25) is 14.9 Å². The summed E-state index contributed by atoms with van der Waals surface area (Å²) in [6.45, 7) is 5.20. The lowest BCUT2D eigenvalue weighted by atomic mass is 10.1. The zero-order chi connectivity index (χ0) is 17.2. The Balaban J connectivity index is 1.44. The van der Waals surface area contributed by atoms with E-state index < -0.39 is 0 Å². The topological polar surface area (TPSA) is 32.3 Å². The number of benzene rings is 1. The Labute approximate surface area is 149 Å². The molecule has 25 heavy (non-hydrogen) atoms. The second-order valence-corrected chi connectivity index (χ2v) is 6.99. The van der Waals surface area contributed by atoms with Crippen molar-refractivity contribution in [1.82, 2.24) is 14.9 Å². The summed E-state index contributed by atoms with van der Waals surface area (Å²) in [6, 6.07) is 15.7. The van der Waals surface area contributed by atoms with Crippen LogP contribution >= 0.6 is 0 Å². The molecule has 2 aromatic heterocycles. The molecule has 1 atom stereocenters. The fourth-order valence-corrected chi connectivity index (χ4v) is 3.68. The van der Waals surface area contributed by atoms with E-state index in [-0.39, 0.29) is 0 Å². The Bertz CT molecular complexity index is 862.